The number of ether oxygens (including phenoxy) is 2. The van der Waals surface area contributed by atoms with Crippen molar-refractivity contribution in [2.45, 2.75) is 32.2 Å². The molecule has 1 aliphatic rings. The van der Waals surface area contributed by atoms with E-state index < -0.39 is 12.0 Å². The van der Waals surface area contributed by atoms with Crippen molar-refractivity contribution in [2.75, 3.05) is 33.5 Å². The number of rotatable bonds is 7. The molecule has 1 amide bonds. The molecule has 19 heavy (non-hydrogen) atoms. The first kappa shape index (κ1) is 15.9. The highest BCUT2D eigenvalue weighted by atomic mass is 16.5. The molecule has 1 rings (SSSR count). The molecule has 110 valence electrons. The molecule has 0 aromatic heterocycles. The van der Waals surface area contributed by atoms with Gasteiger partial charge in [0.25, 0.3) is 0 Å². The van der Waals surface area contributed by atoms with Gasteiger partial charge >= 0.3 is 5.97 Å². The van der Waals surface area contributed by atoms with Gasteiger partial charge in [-0.3, -0.25) is 4.79 Å². The highest BCUT2D eigenvalue weighted by molar-refractivity contribution is 5.84. The molecule has 0 bridgehead atoms. The van der Waals surface area contributed by atoms with Gasteiger partial charge in [-0.05, 0) is 18.8 Å². The van der Waals surface area contributed by atoms with E-state index in [9.17, 15) is 14.7 Å². The number of carbonyl (C=O) groups is 2. The number of carboxylic acid groups (broad SMARTS) is 1. The van der Waals surface area contributed by atoms with Crippen LogP contribution in [0, 0.1) is 5.92 Å². The van der Waals surface area contributed by atoms with Crippen LogP contribution in [0.1, 0.15) is 26.2 Å². The fourth-order valence-corrected chi connectivity index (χ4v) is 2.33. The average molecular weight is 273 g/mol. The van der Waals surface area contributed by atoms with Crippen LogP contribution in [0.3, 0.4) is 0 Å². The smallest absolute Gasteiger partial charge is 0.326 e. The number of hydrogen-bond acceptors (Lipinski definition) is 4. The second-order valence-corrected chi connectivity index (χ2v) is 4.79. The summed E-state index contributed by atoms with van der Waals surface area (Å²) in [5.41, 5.74) is 0. The fraction of sp³-hybridized carbons (Fsp3) is 0.846. The zero-order valence-corrected chi connectivity index (χ0v) is 11.6. The highest BCUT2D eigenvalue weighted by Gasteiger charge is 2.35. The maximum Gasteiger partial charge on any atom is 0.326 e. The molecule has 6 heteroatoms. The Balaban J connectivity index is 2.49. The Bertz CT molecular complexity index is 307. The summed E-state index contributed by atoms with van der Waals surface area (Å²) in [4.78, 5) is 24.7. The lowest BCUT2D eigenvalue weighted by Crippen LogP contribution is -2.51. The molecule has 1 N–H and O–H groups in total. The van der Waals surface area contributed by atoms with Crippen LogP contribution in [-0.2, 0) is 19.1 Å². The number of carbonyl (C=O) groups excluding carboxylic acids is 1. The van der Waals surface area contributed by atoms with E-state index in [4.69, 9.17) is 9.47 Å². The Labute approximate surface area is 113 Å². The van der Waals surface area contributed by atoms with Gasteiger partial charge in [-0.1, -0.05) is 13.3 Å². The van der Waals surface area contributed by atoms with Crippen molar-refractivity contribution in [3.63, 3.8) is 0 Å². The summed E-state index contributed by atoms with van der Waals surface area (Å²) < 4.78 is 9.97. The lowest BCUT2D eigenvalue weighted by Gasteiger charge is -2.36. The van der Waals surface area contributed by atoms with Gasteiger partial charge in [0.2, 0.25) is 5.91 Å². The zero-order chi connectivity index (χ0) is 14.3. The predicted octanol–water partition coefficient (Wildman–Crippen LogP) is 0.751. The molecule has 0 radical (unpaired) electrons. The molecule has 1 heterocycles. The first-order chi connectivity index (χ1) is 9.10. The standard InChI is InChI=1S/C13H23NO5/c1-3-10-4-5-14(11(8-10)13(16)17)12(15)9-19-7-6-18-2/h10-11H,3-9H2,1-2H3,(H,16,17). The van der Waals surface area contributed by atoms with Gasteiger partial charge in [0.1, 0.15) is 12.6 Å². The second kappa shape index (κ2) is 8.12. The lowest BCUT2D eigenvalue weighted by atomic mass is 9.89. The maximum absolute atomic E-state index is 12.0. The summed E-state index contributed by atoms with van der Waals surface area (Å²) in [7, 11) is 1.56. The van der Waals surface area contributed by atoms with E-state index in [0.29, 0.717) is 32.1 Å². The summed E-state index contributed by atoms with van der Waals surface area (Å²) in [5, 5.41) is 9.23. The number of carboxylic acids is 1. The van der Waals surface area contributed by atoms with Gasteiger partial charge in [-0.25, -0.2) is 4.79 Å². The van der Waals surface area contributed by atoms with Gasteiger partial charge in [0, 0.05) is 13.7 Å². The molecule has 2 unspecified atom stereocenters. The van der Waals surface area contributed by atoms with Gasteiger partial charge in [0.05, 0.1) is 13.2 Å². The van der Waals surface area contributed by atoms with Crippen molar-refractivity contribution < 1.29 is 24.2 Å². The van der Waals surface area contributed by atoms with E-state index in [2.05, 4.69) is 6.92 Å². The third-order valence-corrected chi connectivity index (χ3v) is 3.55. The number of methoxy groups -OCH3 is 1. The van der Waals surface area contributed by atoms with Crippen molar-refractivity contribution in [3.05, 3.63) is 0 Å². The molecule has 0 spiro atoms. The number of piperidine rings is 1. The predicted molar refractivity (Wildman–Crippen MR) is 68.8 cm³/mol. The highest BCUT2D eigenvalue weighted by Crippen LogP contribution is 2.25. The van der Waals surface area contributed by atoms with Crippen LogP contribution in [0.25, 0.3) is 0 Å². The first-order valence-corrected chi connectivity index (χ1v) is 6.69. The third-order valence-electron chi connectivity index (χ3n) is 3.55. The first-order valence-electron chi connectivity index (χ1n) is 6.69. The van der Waals surface area contributed by atoms with Crippen LogP contribution < -0.4 is 0 Å². The lowest BCUT2D eigenvalue weighted by molar-refractivity contribution is -0.155. The SMILES string of the molecule is CCC1CCN(C(=O)COCCOC)C(C(=O)O)C1. The van der Waals surface area contributed by atoms with Crippen LogP contribution in [0.4, 0.5) is 0 Å². The monoisotopic (exact) mass is 273 g/mol. The third kappa shape index (κ3) is 4.80. The molecule has 0 aliphatic carbocycles. The van der Waals surface area contributed by atoms with Crippen molar-refractivity contribution >= 4 is 11.9 Å². The molecule has 1 saturated heterocycles. The van der Waals surface area contributed by atoms with Gasteiger partial charge in [-0.2, -0.15) is 0 Å². The molecule has 0 saturated carbocycles. The molecule has 0 aromatic carbocycles. The van der Waals surface area contributed by atoms with E-state index in [1.54, 1.807) is 7.11 Å². The Morgan fingerprint density at radius 1 is 1.37 bits per heavy atom. The van der Waals surface area contributed by atoms with E-state index in [1.807, 2.05) is 0 Å². The maximum atomic E-state index is 12.0. The molecule has 0 aromatic rings. The van der Waals surface area contributed by atoms with E-state index in [0.717, 1.165) is 12.8 Å². The van der Waals surface area contributed by atoms with Crippen molar-refractivity contribution in [3.8, 4) is 0 Å². The Kier molecular flexibility index (Phi) is 6.80. The molecular weight excluding hydrogens is 250 g/mol. The summed E-state index contributed by atoms with van der Waals surface area (Å²) in [6.45, 7) is 3.24. The van der Waals surface area contributed by atoms with Gasteiger partial charge in [0.15, 0.2) is 0 Å². The minimum absolute atomic E-state index is 0.0794. The number of aliphatic carboxylic acids is 1. The van der Waals surface area contributed by atoms with Crippen LogP contribution in [0.15, 0.2) is 0 Å². The van der Waals surface area contributed by atoms with E-state index >= 15 is 0 Å². The van der Waals surface area contributed by atoms with Crippen LogP contribution >= 0.6 is 0 Å². The molecular formula is C13H23NO5. The number of likely N-dealkylation sites (tertiary alicyclic amines) is 1. The number of amides is 1. The molecule has 1 fully saturated rings. The fourth-order valence-electron chi connectivity index (χ4n) is 2.33. The minimum Gasteiger partial charge on any atom is -0.480 e. The average Bonchev–Trinajstić information content (AvgIpc) is 2.42. The normalized spacial score (nSPS) is 23.4. The van der Waals surface area contributed by atoms with Gasteiger partial charge < -0.3 is 19.5 Å². The number of hydrogen-bond donors (Lipinski definition) is 1. The summed E-state index contributed by atoms with van der Waals surface area (Å²) >= 11 is 0. The van der Waals surface area contributed by atoms with Gasteiger partial charge in [-0.15, -0.1) is 0 Å². The Hall–Kier alpha value is -1.14. The van der Waals surface area contributed by atoms with Crippen LogP contribution in [0.5, 0.6) is 0 Å². The summed E-state index contributed by atoms with van der Waals surface area (Å²) in [6.07, 6.45) is 2.36. The largest absolute Gasteiger partial charge is 0.480 e. The Morgan fingerprint density at radius 2 is 2.11 bits per heavy atom. The quantitative estimate of drug-likeness (QED) is 0.693. The number of nitrogens with zero attached hydrogens (tertiary/aromatic N) is 1. The Morgan fingerprint density at radius 3 is 2.68 bits per heavy atom. The van der Waals surface area contributed by atoms with Crippen molar-refractivity contribution in [1.82, 2.24) is 4.90 Å². The van der Waals surface area contributed by atoms with Crippen LogP contribution in [0.2, 0.25) is 0 Å². The van der Waals surface area contributed by atoms with Crippen molar-refractivity contribution in [1.29, 1.82) is 0 Å². The minimum atomic E-state index is -0.927. The zero-order valence-electron chi connectivity index (χ0n) is 11.6. The summed E-state index contributed by atoms with van der Waals surface area (Å²) in [6, 6.07) is -0.711. The molecule has 2 atom stereocenters. The van der Waals surface area contributed by atoms with Crippen molar-refractivity contribution in [2.24, 2.45) is 5.92 Å². The second-order valence-electron chi connectivity index (χ2n) is 4.79. The van der Waals surface area contributed by atoms with E-state index in [1.165, 1.54) is 4.90 Å². The molecule has 1 aliphatic heterocycles. The summed E-state index contributed by atoms with van der Waals surface area (Å²) in [5.74, 6) is -0.791. The topological polar surface area (TPSA) is 76.1 Å². The van der Waals surface area contributed by atoms with Crippen LogP contribution in [-0.4, -0.2) is 61.4 Å². The molecule has 6 nitrogen and oxygen atoms in total. The van der Waals surface area contributed by atoms with E-state index in [-0.39, 0.29) is 12.5 Å².